The molecule has 1 aliphatic rings. The molecule has 3 aromatic heterocycles. The van der Waals surface area contributed by atoms with Gasteiger partial charge < -0.3 is 18.8 Å². The highest BCUT2D eigenvalue weighted by molar-refractivity contribution is 5.94. The number of imidazole rings is 1. The Hall–Kier alpha value is -3.81. The van der Waals surface area contributed by atoms with Gasteiger partial charge in [-0.25, -0.2) is 4.98 Å². The van der Waals surface area contributed by atoms with E-state index in [0.29, 0.717) is 29.4 Å². The van der Waals surface area contributed by atoms with Crippen LogP contribution in [0.4, 0.5) is 0 Å². The van der Waals surface area contributed by atoms with Crippen molar-refractivity contribution in [2.75, 3.05) is 14.2 Å². The summed E-state index contributed by atoms with van der Waals surface area (Å²) in [4.78, 5) is 20.0. The summed E-state index contributed by atoms with van der Waals surface area (Å²) >= 11 is 0. The van der Waals surface area contributed by atoms with Gasteiger partial charge in [-0.3, -0.25) is 9.48 Å². The molecule has 8 heteroatoms. The van der Waals surface area contributed by atoms with E-state index in [0.717, 1.165) is 29.7 Å². The summed E-state index contributed by atoms with van der Waals surface area (Å²) in [5.41, 5.74) is 3.83. The summed E-state index contributed by atoms with van der Waals surface area (Å²) < 4.78 is 14.5. The van der Waals surface area contributed by atoms with Gasteiger partial charge in [0.05, 0.1) is 38.3 Å². The van der Waals surface area contributed by atoms with Crippen LogP contribution in [0.15, 0.2) is 54.9 Å². The molecule has 0 spiro atoms. The van der Waals surface area contributed by atoms with E-state index >= 15 is 0 Å². The summed E-state index contributed by atoms with van der Waals surface area (Å²) in [5, 5.41) is 4.61. The Bertz CT molecular complexity index is 1290. The highest BCUT2D eigenvalue weighted by Gasteiger charge is 2.35. The number of carbonyl (C=O) groups is 1. The van der Waals surface area contributed by atoms with E-state index in [1.54, 1.807) is 25.9 Å². The van der Waals surface area contributed by atoms with Crippen molar-refractivity contribution in [3.8, 4) is 22.8 Å². The molecule has 0 bridgehead atoms. The maximum absolute atomic E-state index is 13.6. The quantitative estimate of drug-likeness (QED) is 0.447. The Kier molecular flexibility index (Phi) is 5.05. The van der Waals surface area contributed by atoms with Crippen LogP contribution in [0.2, 0.25) is 0 Å². The van der Waals surface area contributed by atoms with Crippen LogP contribution in [0.5, 0.6) is 11.5 Å². The first-order valence-electron chi connectivity index (χ1n) is 10.6. The van der Waals surface area contributed by atoms with Crippen molar-refractivity contribution in [3.05, 3.63) is 66.2 Å². The number of ether oxygens (including phenoxy) is 2. The van der Waals surface area contributed by atoms with Gasteiger partial charge in [0.2, 0.25) is 0 Å². The SMILES string of the molecule is COc1ccc(OC)c(-c2cc(C(=O)N(Cc3cnc4ccccn34)C3CC3)n(C)n2)c1. The first kappa shape index (κ1) is 20.1. The molecule has 0 unspecified atom stereocenters. The lowest BCUT2D eigenvalue weighted by atomic mass is 10.1. The first-order valence-corrected chi connectivity index (χ1v) is 10.6. The largest absolute Gasteiger partial charge is 0.497 e. The Morgan fingerprint density at radius 1 is 1.16 bits per heavy atom. The zero-order valence-electron chi connectivity index (χ0n) is 18.4. The van der Waals surface area contributed by atoms with Crippen LogP contribution in [0.25, 0.3) is 16.9 Å². The summed E-state index contributed by atoms with van der Waals surface area (Å²) in [6.07, 6.45) is 5.84. The molecule has 0 radical (unpaired) electrons. The third-order valence-electron chi connectivity index (χ3n) is 5.86. The average molecular weight is 431 g/mol. The van der Waals surface area contributed by atoms with Gasteiger partial charge in [-0.05, 0) is 49.2 Å². The normalized spacial score (nSPS) is 13.3. The van der Waals surface area contributed by atoms with Crippen LogP contribution in [-0.4, -0.2) is 50.2 Å². The standard InChI is InChI=1S/C24H25N5O3/c1-27-21(13-20(26-27)19-12-18(31-2)9-10-22(19)32-3)24(30)29(16-7-8-16)15-17-14-25-23-6-4-5-11-28(17)23/h4-6,9-14,16H,7-8,15H2,1-3H3. The van der Waals surface area contributed by atoms with E-state index in [1.165, 1.54) is 0 Å². The lowest BCUT2D eigenvalue weighted by molar-refractivity contribution is 0.0716. The van der Waals surface area contributed by atoms with Crippen LogP contribution in [0.3, 0.4) is 0 Å². The van der Waals surface area contributed by atoms with Crippen molar-refractivity contribution in [3.63, 3.8) is 0 Å². The van der Waals surface area contributed by atoms with Crippen LogP contribution >= 0.6 is 0 Å². The number of aryl methyl sites for hydroxylation is 1. The van der Waals surface area contributed by atoms with Crippen LogP contribution in [-0.2, 0) is 13.6 Å². The van der Waals surface area contributed by atoms with Crippen molar-refractivity contribution in [2.45, 2.75) is 25.4 Å². The van der Waals surface area contributed by atoms with Crippen molar-refractivity contribution in [2.24, 2.45) is 7.05 Å². The third kappa shape index (κ3) is 3.57. The topological polar surface area (TPSA) is 73.9 Å². The molecule has 164 valence electrons. The highest BCUT2D eigenvalue weighted by Crippen LogP contribution is 2.34. The van der Waals surface area contributed by atoms with Gasteiger partial charge >= 0.3 is 0 Å². The molecule has 0 saturated heterocycles. The molecule has 1 aliphatic carbocycles. The molecule has 1 fully saturated rings. The van der Waals surface area contributed by atoms with Gasteiger partial charge in [0, 0.05) is 24.8 Å². The molecule has 4 aromatic rings. The number of carbonyl (C=O) groups excluding carboxylic acids is 1. The highest BCUT2D eigenvalue weighted by atomic mass is 16.5. The summed E-state index contributed by atoms with van der Waals surface area (Å²) in [6, 6.07) is 13.5. The molecule has 1 saturated carbocycles. The van der Waals surface area contributed by atoms with Crippen molar-refractivity contribution < 1.29 is 14.3 Å². The molecule has 0 N–H and O–H groups in total. The third-order valence-corrected chi connectivity index (χ3v) is 5.86. The van der Waals surface area contributed by atoms with E-state index < -0.39 is 0 Å². The maximum atomic E-state index is 13.6. The molecular weight excluding hydrogens is 406 g/mol. The summed E-state index contributed by atoms with van der Waals surface area (Å²) in [5.74, 6) is 1.33. The molecule has 1 amide bonds. The van der Waals surface area contributed by atoms with Gasteiger partial charge in [0.15, 0.2) is 0 Å². The molecular formula is C24H25N5O3. The van der Waals surface area contributed by atoms with E-state index in [9.17, 15) is 4.79 Å². The molecule has 5 rings (SSSR count). The zero-order valence-corrected chi connectivity index (χ0v) is 18.4. The fourth-order valence-electron chi connectivity index (χ4n) is 3.99. The van der Waals surface area contributed by atoms with Crippen LogP contribution in [0, 0.1) is 0 Å². The van der Waals surface area contributed by atoms with Crippen molar-refractivity contribution in [1.82, 2.24) is 24.1 Å². The minimum absolute atomic E-state index is 0.0403. The predicted octanol–water partition coefficient (Wildman–Crippen LogP) is 3.56. The van der Waals surface area contributed by atoms with Crippen molar-refractivity contribution >= 4 is 11.6 Å². The molecule has 8 nitrogen and oxygen atoms in total. The number of benzene rings is 1. The second kappa shape index (κ2) is 8.03. The Morgan fingerprint density at radius 2 is 2.00 bits per heavy atom. The van der Waals surface area contributed by atoms with E-state index in [2.05, 4.69) is 10.1 Å². The monoisotopic (exact) mass is 431 g/mol. The molecule has 1 aromatic carbocycles. The smallest absolute Gasteiger partial charge is 0.272 e. The lowest BCUT2D eigenvalue weighted by Crippen LogP contribution is -2.34. The van der Waals surface area contributed by atoms with Gasteiger partial charge in [0.1, 0.15) is 22.8 Å². The van der Waals surface area contributed by atoms with E-state index in [1.807, 2.05) is 64.2 Å². The average Bonchev–Trinajstić information content (AvgIpc) is 3.47. The maximum Gasteiger partial charge on any atom is 0.272 e. The van der Waals surface area contributed by atoms with Gasteiger partial charge in [-0.2, -0.15) is 5.10 Å². The number of amides is 1. The number of fused-ring (bicyclic) bond motifs is 1. The number of pyridine rings is 1. The van der Waals surface area contributed by atoms with Gasteiger partial charge in [-0.1, -0.05) is 6.07 Å². The Balaban J connectivity index is 1.48. The zero-order chi connectivity index (χ0) is 22.2. The van der Waals surface area contributed by atoms with Crippen LogP contribution < -0.4 is 9.47 Å². The lowest BCUT2D eigenvalue weighted by Gasteiger charge is -2.22. The second-order valence-corrected chi connectivity index (χ2v) is 7.95. The number of hydrogen-bond donors (Lipinski definition) is 0. The first-order chi connectivity index (χ1) is 15.6. The molecule has 3 heterocycles. The number of rotatable bonds is 7. The van der Waals surface area contributed by atoms with Crippen LogP contribution in [0.1, 0.15) is 29.0 Å². The predicted molar refractivity (Wildman–Crippen MR) is 120 cm³/mol. The minimum atomic E-state index is -0.0403. The minimum Gasteiger partial charge on any atom is -0.497 e. The molecule has 0 atom stereocenters. The molecule has 0 aliphatic heterocycles. The number of aromatic nitrogens is 4. The fourth-order valence-corrected chi connectivity index (χ4v) is 3.99. The van der Waals surface area contributed by atoms with E-state index in [-0.39, 0.29) is 11.9 Å². The Labute approximate surface area is 186 Å². The summed E-state index contributed by atoms with van der Waals surface area (Å²) in [7, 11) is 5.03. The van der Waals surface area contributed by atoms with E-state index in [4.69, 9.17) is 9.47 Å². The number of nitrogens with zero attached hydrogens (tertiary/aromatic N) is 5. The van der Waals surface area contributed by atoms with Gasteiger partial charge in [-0.15, -0.1) is 0 Å². The fraction of sp³-hybridized carbons (Fsp3) is 0.292. The van der Waals surface area contributed by atoms with Gasteiger partial charge in [0.25, 0.3) is 5.91 Å². The number of methoxy groups -OCH3 is 2. The second-order valence-electron chi connectivity index (χ2n) is 7.95. The summed E-state index contributed by atoms with van der Waals surface area (Å²) in [6.45, 7) is 0.498. The number of hydrogen-bond acceptors (Lipinski definition) is 5. The van der Waals surface area contributed by atoms with Crippen molar-refractivity contribution in [1.29, 1.82) is 0 Å². The Morgan fingerprint density at radius 3 is 2.75 bits per heavy atom. The molecule has 32 heavy (non-hydrogen) atoms.